The number of allylic oxidation sites excluding steroid dienone is 2. The Morgan fingerprint density at radius 3 is 2.41 bits per heavy atom. The topological polar surface area (TPSA) is 23.1 Å². The van der Waals surface area contributed by atoms with Crippen molar-refractivity contribution in [1.82, 2.24) is 0 Å². The third-order valence-corrected chi connectivity index (χ3v) is 4.73. The van der Waals surface area contributed by atoms with Gasteiger partial charge in [-0.05, 0) is 44.9 Å². The van der Waals surface area contributed by atoms with Gasteiger partial charge in [0, 0.05) is 6.42 Å². The molecule has 1 aliphatic rings. The van der Waals surface area contributed by atoms with Crippen molar-refractivity contribution in [2.75, 3.05) is 19.6 Å². The second kappa shape index (κ2) is 5.53. The standard InChI is InChI=1S/C15H29NO/c1-6-16(17,7-2)12-10-14-13(3)9-8-11-15(14,4)5/h9,14H,6-8,10-12H2,1-5H3. The molecule has 0 fully saturated rings. The summed E-state index contributed by atoms with van der Waals surface area (Å²) >= 11 is 0. The Morgan fingerprint density at radius 2 is 1.94 bits per heavy atom. The van der Waals surface area contributed by atoms with Gasteiger partial charge < -0.3 is 9.85 Å². The van der Waals surface area contributed by atoms with Crippen molar-refractivity contribution in [1.29, 1.82) is 0 Å². The monoisotopic (exact) mass is 239 g/mol. The van der Waals surface area contributed by atoms with Crippen molar-refractivity contribution in [3.63, 3.8) is 0 Å². The number of rotatable bonds is 5. The zero-order chi connectivity index (χ0) is 13.1. The van der Waals surface area contributed by atoms with Crippen LogP contribution in [0, 0.1) is 16.5 Å². The highest BCUT2D eigenvalue weighted by atomic mass is 16.5. The molecule has 1 unspecified atom stereocenters. The van der Waals surface area contributed by atoms with Crippen LogP contribution in [0.2, 0.25) is 0 Å². The number of hydroxylamine groups is 3. The van der Waals surface area contributed by atoms with E-state index in [1.54, 1.807) is 0 Å². The maximum absolute atomic E-state index is 12.3. The molecule has 1 atom stereocenters. The molecule has 0 aromatic heterocycles. The lowest BCUT2D eigenvalue weighted by atomic mass is 9.67. The molecule has 17 heavy (non-hydrogen) atoms. The fourth-order valence-electron chi connectivity index (χ4n) is 3.13. The SMILES string of the molecule is CC[N+]([O-])(CC)CCC1C(C)=CCCC1(C)C. The lowest BCUT2D eigenvalue weighted by Gasteiger charge is -2.45. The molecular weight excluding hydrogens is 210 g/mol. The van der Waals surface area contributed by atoms with Gasteiger partial charge in [-0.2, -0.15) is 0 Å². The first-order valence-corrected chi connectivity index (χ1v) is 7.08. The van der Waals surface area contributed by atoms with Gasteiger partial charge in [0.2, 0.25) is 0 Å². The molecule has 0 saturated heterocycles. The molecule has 1 aliphatic carbocycles. The molecule has 2 nitrogen and oxygen atoms in total. The van der Waals surface area contributed by atoms with Gasteiger partial charge in [-0.15, -0.1) is 0 Å². The van der Waals surface area contributed by atoms with Gasteiger partial charge >= 0.3 is 0 Å². The van der Waals surface area contributed by atoms with Crippen LogP contribution >= 0.6 is 0 Å². The Bertz CT molecular complexity index is 277. The van der Waals surface area contributed by atoms with Crippen LogP contribution in [-0.4, -0.2) is 24.3 Å². The Labute approximate surface area is 107 Å². The summed E-state index contributed by atoms with van der Waals surface area (Å²) in [5.41, 5.74) is 1.87. The van der Waals surface area contributed by atoms with Crippen molar-refractivity contribution in [3.8, 4) is 0 Å². The molecular formula is C15H29NO. The van der Waals surface area contributed by atoms with Gasteiger partial charge in [-0.25, -0.2) is 0 Å². The van der Waals surface area contributed by atoms with Crippen LogP contribution in [0.1, 0.15) is 53.9 Å². The summed E-state index contributed by atoms with van der Waals surface area (Å²) in [4.78, 5) is 0. The van der Waals surface area contributed by atoms with E-state index in [1.807, 2.05) is 13.8 Å². The zero-order valence-corrected chi connectivity index (χ0v) is 12.3. The average molecular weight is 239 g/mol. The van der Waals surface area contributed by atoms with E-state index in [9.17, 15) is 5.21 Å². The number of hydrogen-bond acceptors (Lipinski definition) is 1. The van der Waals surface area contributed by atoms with Gasteiger partial charge in [0.05, 0.1) is 19.6 Å². The van der Waals surface area contributed by atoms with Gasteiger partial charge in [-0.1, -0.05) is 25.5 Å². The van der Waals surface area contributed by atoms with Crippen LogP contribution in [0.15, 0.2) is 11.6 Å². The number of nitrogens with zero attached hydrogens (tertiary/aromatic N) is 1. The highest BCUT2D eigenvalue weighted by Crippen LogP contribution is 2.42. The highest BCUT2D eigenvalue weighted by Gasteiger charge is 2.33. The molecule has 0 heterocycles. The Kier molecular flexibility index (Phi) is 4.79. The third-order valence-electron chi connectivity index (χ3n) is 4.73. The van der Waals surface area contributed by atoms with Crippen LogP contribution < -0.4 is 0 Å². The first-order valence-electron chi connectivity index (χ1n) is 7.08. The van der Waals surface area contributed by atoms with Crippen molar-refractivity contribution in [2.45, 2.75) is 53.9 Å². The molecule has 0 spiro atoms. The first kappa shape index (κ1) is 14.7. The summed E-state index contributed by atoms with van der Waals surface area (Å²) in [7, 11) is 0. The predicted octanol–water partition coefficient (Wildman–Crippen LogP) is 4.11. The summed E-state index contributed by atoms with van der Waals surface area (Å²) in [5.74, 6) is 0.598. The van der Waals surface area contributed by atoms with Gasteiger partial charge in [0.15, 0.2) is 0 Å². The van der Waals surface area contributed by atoms with Crippen LogP contribution in [0.5, 0.6) is 0 Å². The third kappa shape index (κ3) is 3.56. The summed E-state index contributed by atoms with van der Waals surface area (Å²) in [6.07, 6.45) is 5.87. The Balaban J connectivity index is 2.66. The molecule has 0 bridgehead atoms. The molecule has 2 heteroatoms. The van der Waals surface area contributed by atoms with E-state index in [2.05, 4.69) is 26.8 Å². The molecule has 100 valence electrons. The fourth-order valence-corrected chi connectivity index (χ4v) is 3.13. The van der Waals surface area contributed by atoms with Gasteiger partial charge in [-0.3, -0.25) is 0 Å². The normalized spacial score (nSPS) is 24.6. The quantitative estimate of drug-likeness (QED) is 0.402. The van der Waals surface area contributed by atoms with E-state index >= 15 is 0 Å². The average Bonchev–Trinajstić information content (AvgIpc) is 2.27. The van der Waals surface area contributed by atoms with Gasteiger partial charge in [0.25, 0.3) is 0 Å². The van der Waals surface area contributed by atoms with Crippen LogP contribution in [0.25, 0.3) is 0 Å². The smallest absolute Gasteiger partial charge is 0.0789 e. The molecule has 0 aromatic carbocycles. The Morgan fingerprint density at radius 1 is 1.35 bits per heavy atom. The number of hydrogen-bond donors (Lipinski definition) is 0. The lowest BCUT2D eigenvalue weighted by molar-refractivity contribution is -0.877. The summed E-state index contributed by atoms with van der Waals surface area (Å²) < 4.78 is -0.0279. The van der Waals surface area contributed by atoms with E-state index in [-0.39, 0.29) is 4.65 Å². The molecule has 0 saturated carbocycles. The Hall–Kier alpha value is -0.340. The van der Waals surface area contributed by atoms with E-state index < -0.39 is 0 Å². The maximum Gasteiger partial charge on any atom is 0.0789 e. The fraction of sp³-hybridized carbons (Fsp3) is 0.867. The molecule has 0 aliphatic heterocycles. The maximum atomic E-state index is 12.3. The second-order valence-electron chi connectivity index (χ2n) is 6.23. The minimum absolute atomic E-state index is 0.0279. The molecule has 1 rings (SSSR count). The molecule has 0 N–H and O–H groups in total. The largest absolute Gasteiger partial charge is 0.633 e. The van der Waals surface area contributed by atoms with Crippen molar-refractivity contribution in [3.05, 3.63) is 16.9 Å². The minimum atomic E-state index is -0.0279. The molecule has 0 radical (unpaired) electrons. The second-order valence-corrected chi connectivity index (χ2v) is 6.23. The van der Waals surface area contributed by atoms with Crippen molar-refractivity contribution in [2.24, 2.45) is 11.3 Å². The minimum Gasteiger partial charge on any atom is -0.633 e. The lowest BCUT2D eigenvalue weighted by Crippen LogP contribution is -2.44. The van der Waals surface area contributed by atoms with E-state index in [1.165, 1.54) is 18.4 Å². The van der Waals surface area contributed by atoms with E-state index in [4.69, 9.17) is 0 Å². The summed E-state index contributed by atoms with van der Waals surface area (Å²) in [6, 6.07) is 0. The highest BCUT2D eigenvalue weighted by molar-refractivity contribution is 5.11. The van der Waals surface area contributed by atoms with E-state index in [0.717, 1.165) is 13.0 Å². The van der Waals surface area contributed by atoms with Crippen LogP contribution in [0.3, 0.4) is 0 Å². The summed E-state index contributed by atoms with van der Waals surface area (Å²) in [5, 5.41) is 12.3. The van der Waals surface area contributed by atoms with Crippen molar-refractivity contribution >= 4 is 0 Å². The summed E-state index contributed by atoms with van der Waals surface area (Å²) in [6.45, 7) is 13.1. The predicted molar refractivity (Wildman–Crippen MR) is 74.5 cm³/mol. The van der Waals surface area contributed by atoms with Gasteiger partial charge in [0.1, 0.15) is 0 Å². The van der Waals surface area contributed by atoms with Crippen LogP contribution in [-0.2, 0) is 0 Å². The first-order chi connectivity index (χ1) is 7.84. The van der Waals surface area contributed by atoms with Crippen molar-refractivity contribution < 1.29 is 4.65 Å². The van der Waals surface area contributed by atoms with Crippen LogP contribution in [0.4, 0.5) is 0 Å². The molecule has 0 aromatic rings. The zero-order valence-electron chi connectivity index (χ0n) is 12.3. The van der Waals surface area contributed by atoms with E-state index in [0.29, 0.717) is 24.4 Å². The number of quaternary nitrogens is 1. The molecule has 0 amide bonds.